The van der Waals surface area contributed by atoms with Crippen molar-refractivity contribution in [3.63, 3.8) is 0 Å². The third-order valence-electron chi connectivity index (χ3n) is 3.60. The van der Waals surface area contributed by atoms with Crippen molar-refractivity contribution in [3.05, 3.63) is 48.4 Å². The van der Waals surface area contributed by atoms with E-state index in [9.17, 15) is 4.79 Å². The zero-order valence-corrected chi connectivity index (χ0v) is 13.8. The number of amides is 1. The molecule has 1 aromatic heterocycles. The summed E-state index contributed by atoms with van der Waals surface area (Å²) in [4.78, 5) is 22.7. The number of carbonyl (C=O) groups excluding carboxylic acids is 1. The van der Waals surface area contributed by atoms with Crippen molar-refractivity contribution in [1.29, 1.82) is 0 Å². The molecule has 0 radical (unpaired) electrons. The first-order valence-corrected chi connectivity index (χ1v) is 8.19. The van der Waals surface area contributed by atoms with Gasteiger partial charge < -0.3 is 10.2 Å². The molecular weight excluding hydrogens is 288 g/mol. The maximum absolute atomic E-state index is 12.0. The molecular formula is C18H24N4O. The molecule has 0 spiro atoms. The molecule has 122 valence electrons. The number of carbonyl (C=O) groups is 1. The van der Waals surface area contributed by atoms with Crippen LogP contribution < -0.4 is 10.2 Å². The Morgan fingerprint density at radius 1 is 1.09 bits per heavy atom. The fourth-order valence-electron chi connectivity index (χ4n) is 2.33. The lowest BCUT2D eigenvalue weighted by atomic mass is 10.2. The minimum Gasteiger partial charge on any atom is -0.351 e. The van der Waals surface area contributed by atoms with E-state index in [2.05, 4.69) is 34.0 Å². The summed E-state index contributed by atoms with van der Waals surface area (Å²) in [7, 11) is 0. The lowest BCUT2D eigenvalue weighted by Gasteiger charge is -2.21. The van der Waals surface area contributed by atoms with E-state index in [0.717, 1.165) is 37.3 Å². The molecule has 0 atom stereocenters. The van der Waals surface area contributed by atoms with Crippen LogP contribution in [0, 0.1) is 0 Å². The number of nitrogens with one attached hydrogen (secondary N) is 1. The molecule has 0 aliphatic heterocycles. The first kappa shape index (κ1) is 16.9. The largest absolute Gasteiger partial charge is 0.351 e. The lowest BCUT2D eigenvalue weighted by molar-refractivity contribution is 0.0947. The molecule has 1 amide bonds. The van der Waals surface area contributed by atoms with Crippen LogP contribution in [0.4, 0.5) is 11.5 Å². The number of hydrogen-bond donors (Lipinski definition) is 1. The van der Waals surface area contributed by atoms with Crippen molar-refractivity contribution in [1.82, 2.24) is 15.3 Å². The van der Waals surface area contributed by atoms with Crippen molar-refractivity contribution in [3.8, 4) is 0 Å². The van der Waals surface area contributed by atoms with Gasteiger partial charge in [0.2, 0.25) is 0 Å². The van der Waals surface area contributed by atoms with Crippen LogP contribution in [-0.2, 0) is 0 Å². The van der Waals surface area contributed by atoms with E-state index >= 15 is 0 Å². The minimum absolute atomic E-state index is 0.164. The lowest BCUT2D eigenvalue weighted by Crippen LogP contribution is -2.26. The molecule has 0 saturated carbocycles. The van der Waals surface area contributed by atoms with E-state index in [1.54, 1.807) is 6.20 Å². The molecule has 0 fully saturated rings. The first-order valence-electron chi connectivity index (χ1n) is 8.19. The number of aromatic nitrogens is 2. The van der Waals surface area contributed by atoms with Gasteiger partial charge >= 0.3 is 0 Å². The van der Waals surface area contributed by atoms with E-state index in [4.69, 9.17) is 0 Å². The molecule has 2 aromatic rings. The molecule has 5 heteroatoms. The first-order chi connectivity index (χ1) is 11.3. The number of hydrogen-bond acceptors (Lipinski definition) is 4. The minimum atomic E-state index is -0.164. The number of benzene rings is 1. The molecule has 0 aliphatic carbocycles. The maximum Gasteiger partial charge on any atom is 0.271 e. The molecule has 1 heterocycles. The van der Waals surface area contributed by atoms with Gasteiger partial charge in [0.15, 0.2) is 5.82 Å². The Balaban J connectivity index is 2.02. The Bertz CT molecular complexity index is 598. The van der Waals surface area contributed by atoms with Crippen molar-refractivity contribution >= 4 is 17.4 Å². The van der Waals surface area contributed by atoms with E-state index < -0.39 is 0 Å². The average molecular weight is 312 g/mol. The normalized spacial score (nSPS) is 10.3. The van der Waals surface area contributed by atoms with Crippen molar-refractivity contribution in [2.45, 2.75) is 33.1 Å². The van der Waals surface area contributed by atoms with Crippen LogP contribution in [0.15, 0.2) is 42.7 Å². The molecule has 23 heavy (non-hydrogen) atoms. The quantitative estimate of drug-likeness (QED) is 0.757. The van der Waals surface area contributed by atoms with Gasteiger partial charge in [-0.2, -0.15) is 0 Å². The van der Waals surface area contributed by atoms with Gasteiger partial charge in [0.25, 0.3) is 5.91 Å². The Morgan fingerprint density at radius 2 is 1.87 bits per heavy atom. The van der Waals surface area contributed by atoms with Crippen LogP contribution in [0.2, 0.25) is 0 Å². The predicted molar refractivity (Wildman–Crippen MR) is 93.0 cm³/mol. The molecule has 0 aliphatic rings. The summed E-state index contributed by atoms with van der Waals surface area (Å²) < 4.78 is 0. The summed E-state index contributed by atoms with van der Waals surface area (Å²) in [6, 6.07) is 10.0. The van der Waals surface area contributed by atoms with Gasteiger partial charge in [0.05, 0.1) is 12.4 Å². The fourth-order valence-corrected chi connectivity index (χ4v) is 2.33. The van der Waals surface area contributed by atoms with Gasteiger partial charge in [0.1, 0.15) is 5.69 Å². The smallest absolute Gasteiger partial charge is 0.271 e. The van der Waals surface area contributed by atoms with E-state index in [0.29, 0.717) is 12.2 Å². The van der Waals surface area contributed by atoms with Gasteiger partial charge in [0, 0.05) is 18.8 Å². The number of nitrogens with zero attached hydrogens (tertiary/aromatic N) is 3. The third kappa shape index (κ3) is 4.77. The highest BCUT2D eigenvalue weighted by molar-refractivity contribution is 5.92. The molecule has 0 unspecified atom stereocenters. The third-order valence-corrected chi connectivity index (χ3v) is 3.60. The number of unbranched alkanes of at least 4 members (excludes halogenated alkanes) is 2. The molecule has 1 aromatic carbocycles. The SMILES string of the molecule is CCCCCNC(=O)c1cnc(N(CC)c2ccccc2)cn1. The van der Waals surface area contributed by atoms with Gasteiger partial charge in [-0.3, -0.25) is 4.79 Å². The Hall–Kier alpha value is -2.43. The van der Waals surface area contributed by atoms with Crippen LogP contribution >= 0.6 is 0 Å². The van der Waals surface area contributed by atoms with Crippen LogP contribution in [-0.4, -0.2) is 29.0 Å². The van der Waals surface area contributed by atoms with Crippen molar-refractivity contribution in [2.75, 3.05) is 18.0 Å². The fraction of sp³-hybridized carbons (Fsp3) is 0.389. The van der Waals surface area contributed by atoms with Gasteiger partial charge in [-0.15, -0.1) is 0 Å². The predicted octanol–water partition coefficient (Wildman–Crippen LogP) is 3.55. The average Bonchev–Trinajstić information content (AvgIpc) is 2.61. The highest BCUT2D eigenvalue weighted by atomic mass is 16.1. The monoisotopic (exact) mass is 312 g/mol. The second kappa shape index (κ2) is 8.88. The second-order valence-corrected chi connectivity index (χ2v) is 5.30. The highest BCUT2D eigenvalue weighted by Crippen LogP contribution is 2.21. The van der Waals surface area contributed by atoms with Crippen molar-refractivity contribution < 1.29 is 4.79 Å². The van der Waals surface area contributed by atoms with Crippen LogP contribution in [0.1, 0.15) is 43.6 Å². The molecule has 0 bridgehead atoms. The number of anilines is 2. The van der Waals surface area contributed by atoms with Crippen LogP contribution in [0.3, 0.4) is 0 Å². The second-order valence-electron chi connectivity index (χ2n) is 5.30. The molecule has 2 rings (SSSR count). The Morgan fingerprint density at radius 3 is 2.48 bits per heavy atom. The summed E-state index contributed by atoms with van der Waals surface area (Å²) >= 11 is 0. The number of para-hydroxylation sites is 1. The summed E-state index contributed by atoms with van der Waals surface area (Å²) in [6.07, 6.45) is 6.43. The van der Waals surface area contributed by atoms with Gasteiger partial charge in [-0.1, -0.05) is 38.0 Å². The van der Waals surface area contributed by atoms with Gasteiger partial charge in [-0.05, 0) is 25.5 Å². The Kier molecular flexibility index (Phi) is 6.54. The standard InChI is InChI=1S/C18H24N4O/c1-3-5-9-12-19-18(23)16-13-21-17(14-20-16)22(4-2)15-10-7-6-8-11-15/h6-8,10-11,13-14H,3-5,9,12H2,1-2H3,(H,19,23). The van der Waals surface area contributed by atoms with Crippen molar-refractivity contribution in [2.24, 2.45) is 0 Å². The van der Waals surface area contributed by atoms with E-state index in [1.807, 2.05) is 30.3 Å². The van der Waals surface area contributed by atoms with Crippen LogP contribution in [0.5, 0.6) is 0 Å². The van der Waals surface area contributed by atoms with Gasteiger partial charge in [-0.25, -0.2) is 9.97 Å². The highest BCUT2D eigenvalue weighted by Gasteiger charge is 2.11. The van der Waals surface area contributed by atoms with E-state index in [-0.39, 0.29) is 5.91 Å². The zero-order valence-electron chi connectivity index (χ0n) is 13.8. The van der Waals surface area contributed by atoms with E-state index in [1.165, 1.54) is 6.20 Å². The summed E-state index contributed by atoms with van der Waals surface area (Å²) in [5.74, 6) is 0.573. The zero-order chi connectivity index (χ0) is 16.5. The molecule has 5 nitrogen and oxygen atoms in total. The summed E-state index contributed by atoms with van der Waals surface area (Å²) in [5.41, 5.74) is 1.41. The molecule has 1 N–H and O–H groups in total. The number of rotatable bonds is 8. The summed E-state index contributed by atoms with van der Waals surface area (Å²) in [6.45, 7) is 5.66. The van der Waals surface area contributed by atoms with Crippen LogP contribution in [0.25, 0.3) is 0 Å². The topological polar surface area (TPSA) is 58.1 Å². The summed E-state index contributed by atoms with van der Waals surface area (Å²) in [5, 5.41) is 2.87. The maximum atomic E-state index is 12.0. The Labute approximate surface area is 137 Å². The molecule has 0 saturated heterocycles.